The second-order valence-electron chi connectivity index (χ2n) is 18.3. The molecule has 0 bridgehead atoms. The van der Waals surface area contributed by atoms with Crippen molar-refractivity contribution in [1.82, 2.24) is 31.6 Å². The molecule has 0 radical (unpaired) electrons. The number of rotatable bonds is 20. The highest BCUT2D eigenvalue weighted by Gasteiger charge is 2.42. The fourth-order valence-electron chi connectivity index (χ4n) is 9.06. The smallest absolute Gasteiger partial charge is 0.370 e. The van der Waals surface area contributed by atoms with Crippen LogP contribution in [0, 0.1) is 5.92 Å². The SMILES string of the molecule is NC(=O)C(N=C(N)N)NC(=O)C(N=C(N)N)NC(=O)C(N=C(N)N)NC(=O)C(N=C(N)N)NC(=O)C(NC(=O)C(O)N(CC1=C2C=CC=C3C=CC4=C(C(=C1)C=CC4)C32)c1cc(C(F)(F)F)nc2c(C(F)(F)F)cccc12)c1ccccc1. The van der Waals surface area contributed by atoms with Gasteiger partial charge in [0.2, 0.25) is 36.8 Å². The van der Waals surface area contributed by atoms with E-state index in [0.29, 0.717) is 35.3 Å². The first-order valence-electron chi connectivity index (χ1n) is 24.2. The maximum atomic E-state index is 14.8. The van der Waals surface area contributed by atoms with E-state index in [1.807, 2.05) is 46.3 Å². The molecule has 7 atom stereocenters. The zero-order valence-corrected chi connectivity index (χ0v) is 42.8. The monoisotopic (exact) mass is 1160 g/mol. The first kappa shape index (κ1) is 59.9. The van der Waals surface area contributed by atoms with Crippen LogP contribution >= 0.6 is 0 Å². The lowest BCUT2D eigenvalue weighted by atomic mass is 9.67. The number of halogens is 6. The van der Waals surface area contributed by atoms with Crippen molar-refractivity contribution in [2.24, 2.45) is 77.5 Å². The Morgan fingerprint density at radius 3 is 1.75 bits per heavy atom. The molecule has 1 heterocycles. The highest BCUT2D eigenvalue weighted by molar-refractivity contribution is 6.00. The summed E-state index contributed by atoms with van der Waals surface area (Å²) in [5.41, 5.74) is 47.9. The van der Waals surface area contributed by atoms with E-state index >= 15 is 0 Å². The Bertz CT molecular complexity index is 3500. The molecule has 0 fully saturated rings. The van der Waals surface area contributed by atoms with E-state index in [-0.39, 0.29) is 5.56 Å². The third-order valence-corrected chi connectivity index (χ3v) is 12.5. The van der Waals surface area contributed by atoms with E-state index < -0.39 is 149 Å². The molecule has 7 rings (SSSR count). The molecule has 0 saturated carbocycles. The van der Waals surface area contributed by atoms with Crippen molar-refractivity contribution in [3.8, 4) is 0 Å². The van der Waals surface area contributed by atoms with Gasteiger partial charge in [-0.1, -0.05) is 85.0 Å². The van der Waals surface area contributed by atoms with Crippen molar-refractivity contribution in [2.75, 3.05) is 11.4 Å². The topological polar surface area (TPSA) is 483 Å². The summed E-state index contributed by atoms with van der Waals surface area (Å²) in [6.45, 7) is -0.656. The average molecular weight is 1160 g/mol. The Kier molecular flexibility index (Phi) is 17.6. The van der Waals surface area contributed by atoms with Crippen molar-refractivity contribution in [2.45, 2.75) is 55.7 Å². The van der Waals surface area contributed by atoms with Crippen molar-refractivity contribution in [3.05, 3.63) is 153 Å². The lowest BCUT2D eigenvalue weighted by molar-refractivity contribution is -0.142. The van der Waals surface area contributed by atoms with Crippen LogP contribution in [0.4, 0.5) is 32.0 Å². The zero-order valence-electron chi connectivity index (χ0n) is 42.8. The van der Waals surface area contributed by atoms with Crippen molar-refractivity contribution >= 4 is 75.9 Å². The van der Waals surface area contributed by atoms with Gasteiger partial charge in [-0.15, -0.1) is 0 Å². The number of primary amides is 1. The number of guanidine groups is 4. The summed E-state index contributed by atoms with van der Waals surface area (Å²) >= 11 is 0. The van der Waals surface area contributed by atoms with Gasteiger partial charge in [0, 0.05) is 17.8 Å². The predicted molar refractivity (Wildman–Crippen MR) is 288 cm³/mol. The van der Waals surface area contributed by atoms with Crippen molar-refractivity contribution in [3.63, 3.8) is 0 Å². The number of alkyl halides is 6. The Labute approximate surface area is 464 Å². The minimum atomic E-state index is -5.39. The molecule has 436 valence electrons. The van der Waals surface area contributed by atoms with E-state index in [4.69, 9.17) is 51.6 Å². The number of hydrogen-bond donors (Lipinski definition) is 15. The number of allylic oxidation sites excluding steroid dienone is 12. The molecule has 3 aromatic rings. The standard InChI is InChI=1S/C50H52F6N20O7/c51-49(52,53)27-14-6-13-26-28(18-29(50(54,55)56)66-33(26)27)76(19-24-17-23-11-4-9-20-15-16-21-10-5-12-25(24)31(21)30(20)23)44(83)43(82)67-32(22-7-2-1-3-8-22)39(78)69-36(73-46(60)61)41(80)71-38(75-48(64)65)42(81)70-37(74-47(62)63)40(79)68-35(34(57)77)72-45(58)59/h1-8,10-18,31-32,35-38,44,83H,9,19H2,(H2,57,77)(H,67,82)(H,68,79)(H,69,78)(H,70,81)(H,71,80)(H4,58,59,72)(H4,60,61,73)(H4,62,63,74)(H4,64,65,75). The predicted octanol–water partition coefficient (Wildman–Crippen LogP) is -2.22. The first-order chi connectivity index (χ1) is 39.0. The molecular weight excluding hydrogens is 1110 g/mol. The maximum absolute atomic E-state index is 14.8. The number of fused-ring (bicyclic) bond motifs is 1. The van der Waals surface area contributed by atoms with E-state index in [1.54, 1.807) is 18.2 Å². The van der Waals surface area contributed by atoms with Crippen molar-refractivity contribution < 1.29 is 60.2 Å². The fraction of sp³-hybridized carbons (Fsp3) is 0.220. The summed E-state index contributed by atoms with van der Waals surface area (Å²) in [5, 5.41) is 22.3. The molecule has 83 heavy (non-hydrogen) atoms. The molecule has 4 aliphatic rings. The van der Waals surface area contributed by atoms with Crippen LogP contribution in [0.2, 0.25) is 0 Å². The number of nitrogens with zero attached hydrogens (tertiary/aromatic N) is 6. The molecule has 27 nitrogen and oxygen atoms in total. The number of aliphatic imine (C=N–C) groups is 4. The van der Waals surface area contributed by atoms with Gasteiger partial charge in [-0.3, -0.25) is 28.8 Å². The van der Waals surface area contributed by atoms with Crippen molar-refractivity contribution in [1.29, 1.82) is 0 Å². The normalized spacial score (nSPS) is 17.1. The molecule has 2 aromatic carbocycles. The molecule has 0 aliphatic heterocycles. The average Bonchev–Trinajstić information content (AvgIpc) is 2.39. The minimum Gasteiger partial charge on any atom is -0.370 e. The minimum absolute atomic E-state index is 0.0946. The molecule has 6 amide bonds. The Hall–Kier alpha value is -10.7. The fourth-order valence-corrected chi connectivity index (χ4v) is 9.06. The van der Waals surface area contributed by atoms with Gasteiger partial charge < -0.3 is 88.2 Å². The molecule has 0 saturated heterocycles. The molecular formula is C50H52F6N20O7. The Balaban J connectivity index is 1.25. The van der Waals surface area contributed by atoms with Crippen LogP contribution in [0.15, 0.2) is 157 Å². The molecule has 4 aliphatic carbocycles. The summed E-state index contributed by atoms with van der Waals surface area (Å²) in [5.74, 6) is -12.3. The third-order valence-electron chi connectivity index (χ3n) is 12.5. The number of pyridine rings is 1. The van der Waals surface area contributed by atoms with Crippen LogP contribution in [-0.4, -0.2) is 107 Å². The quantitative estimate of drug-likeness (QED) is 0.0247. The van der Waals surface area contributed by atoms with E-state index in [9.17, 15) is 60.2 Å². The van der Waals surface area contributed by atoms with Gasteiger partial charge in [0.15, 0.2) is 23.8 Å². The summed E-state index contributed by atoms with van der Waals surface area (Å²) in [6.07, 6.45) is -6.91. The van der Waals surface area contributed by atoms with E-state index in [0.717, 1.165) is 33.8 Å². The number of hydrogen-bond acceptors (Lipinski definition) is 13. The number of nitrogens with one attached hydrogen (secondary N) is 5. The maximum Gasteiger partial charge on any atom is 0.433 e. The lowest BCUT2D eigenvalue weighted by Gasteiger charge is -2.39. The summed E-state index contributed by atoms with van der Waals surface area (Å²) in [7, 11) is 0. The number of para-hydroxylation sites is 1. The van der Waals surface area contributed by atoms with Crippen LogP contribution < -0.4 is 83.1 Å². The third kappa shape index (κ3) is 14.0. The highest BCUT2D eigenvalue weighted by Crippen LogP contribution is 2.49. The van der Waals surface area contributed by atoms with Crippen LogP contribution in [0.1, 0.15) is 29.3 Å². The largest absolute Gasteiger partial charge is 0.433 e. The number of amides is 6. The number of carbonyl (C=O) groups is 6. The number of aliphatic hydroxyl groups excluding tert-OH is 1. The number of aliphatic hydroxyl groups is 1. The van der Waals surface area contributed by atoms with Gasteiger partial charge in [0.25, 0.3) is 29.5 Å². The summed E-state index contributed by atoms with van der Waals surface area (Å²) < 4.78 is 88.4. The molecule has 0 spiro atoms. The second-order valence-corrected chi connectivity index (χ2v) is 18.3. The number of carbonyl (C=O) groups excluding carboxylic acids is 6. The van der Waals surface area contributed by atoms with Crippen LogP contribution in [0.25, 0.3) is 10.9 Å². The van der Waals surface area contributed by atoms with Gasteiger partial charge >= 0.3 is 12.4 Å². The highest BCUT2D eigenvalue weighted by atomic mass is 19.4. The van der Waals surface area contributed by atoms with E-state index in [2.05, 4.69) is 35.6 Å². The first-order valence-corrected chi connectivity index (χ1v) is 24.2. The van der Waals surface area contributed by atoms with Gasteiger partial charge in [-0.2, -0.15) is 26.3 Å². The molecule has 24 N–H and O–H groups in total. The van der Waals surface area contributed by atoms with Gasteiger partial charge in [0.05, 0.1) is 16.8 Å². The summed E-state index contributed by atoms with van der Waals surface area (Å²) in [6, 6.07) is 7.69. The van der Waals surface area contributed by atoms with Gasteiger partial charge in [-0.25, -0.2) is 25.0 Å². The second kappa shape index (κ2) is 24.3. The van der Waals surface area contributed by atoms with Crippen LogP contribution in [0.5, 0.6) is 0 Å². The van der Waals surface area contributed by atoms with E-state index in [1.165, 1.54) is 30.3 Å². The van der Waals surface area contributed by atoms with Crippen LogP contribution in [0.3, 0.4) is 0 Å². The Morgan fingerprint density at radius 2 is 1.20 bits per heavy atom. The lowest BCUT2D eigenvalue weighted by Crippen LogP contribution is -2.58. The number of benzene rings is 2. The molecule has 1 aromatic heterocycles. The molecule has 33 heteroatoms. The Morgan fingerprint density at radius 1 is 0.651 bits per heavy atom. The summed E-state index contributed by atoms with van der Waals surface area (Å²) in [4.78, 5) is 101. The number of anilines is 1. The van der Waals surface area contributed by atoms with Crippen LogP contribution in [-0.2, 0) is 41.1 Å². The van der Waals surface area contributed by atoms with Gasteiger partial charge in [-0.05, 0) is 63.6 Å². The number of nitrogens with two attached hydrogens (primary N) is 9. The molecule has 7 unspecified atom stereocenters. The van der Waals surface area contributed by atoms with Gasteiger partial charge in [0.1, 0.15) is 11.7 Å². The zero-order chi connectivity index (χ0) is 60.8. The number of aromatic nitrogens is 1.